The lowest BCUT2D eigenvalue weighted by Crippen LogP contribution is -2.42. The average molecular weight is 399 g/mol. The number of Topliss-reactive ketones (excluding diaryl/α,β-unsaturated/α-hetero) is 1. The number of unbranched alkanes of at least 4 members (excludes halogenated alkanes) is 1. The van der Waals surface area contributed by atoms with Gasteiger partial charge in [0.25, 0.3) is 0 Å². The third-order valence-corrected chi connectivity index (χ3v) is 9.93. The van der Waals surface area contributed by atoms with E-state index in [-0.39, 0.29) is 23.7 Å². The van der Waals surface area contributed by atoms with Gasteiger partial charge in [-0.3, -0.25) is 4.79 Å². The maximum Gasteiger partial charge on any atom is 0.192 e. The van der Waals surface area contributed by atoms with Crippen LogP contribution in [0.2, 0.25) is 18.1 Å². The summed E-state index contributed by atoms with van der Waals surface area (Å²) in [7, 11) is 1.42. The summed E-state index contributed by atoms with van der Waals surface area (Å²) < 4.78 is 22.4. The average Bonchev–Trinajstić information content (AvgIpc) is 3.02. The van der Waals surface area contributed by atoms with E-state index in [0.29, 0.717) is 6.42 Å². The van der Waals surface area contributed by atoms with Crippen molar-refractivity contribution in [1.82, 2.24) is 0 Å². The van der Waals surface area contributed by atoms with Gasteiger partial charge in [0, 0.05) is 27.1 Å². The highest BCUT2D eigenvalue weighted by molar-refractivity contribution is 6.74. The van der Waals surface area contributed by atoms with Crippen molar-refractivity contribution in [2.45, 2.75) is 83.1 Å². The van der Waals surface area contributed by atoms with E-state index in [2.05, 4.69) is 46.0 Å². The molecule has 27 heavy (non-hydrogen) atoms. The van der Waals surface area contributed by atoms with Crippen molar-refractivity contribution in [3.63, 3.8) is 0 Å². The van der Waals surface area contributed by atoms with Crippen LogP contribution in [0.4, 0.5) is 0 Å². The zero-order valence-corrected chi connectivity index (χ0v) is 19.2. The lowest BCUT2D eigenvalue weighted by Gasteiger charge is -2.35. The molecule has 1 aliphatic heterocycles. The lowest BCUT2D eigenvalue weighted by molar-refractivity contribution is -0.244. The standard InChI is InChI=1S/C21H38O5Si/c1-20(2,3)27(6,7)25-17-18(22)13-11-9-8-10-12-15-21(24-5)16-14-19(23-4)26-21/h8,10,14,16,19H,9,11-13,15,17H2,1-7H3. The molecule has 0 amide bonds. The minimum atomic E-state index is -1.84. The molecular formula is C21H38O5Si. The van der Waals surface area contributed by atoms with E-state index < -0.39 is 14.1 Å². The second-order valence-corrected chi connectivity index (χ2v) is 13.4. The number of ketones is 1. The summed E-state index contributed by atoms with van der Waals surface area (Å²) in [4.78, 5) is 12.0. The monoisotopic (exact) mass is 398 g/mol. The molecule has 156 valence electrons. The predicted molar refractivity (Wildman–Crippen MR) is 111 cm³/mol. The highest BCUT2D eigenvalue weighted by atomic mass is 28.4. The number of carbonyl (C=O) groups is 1. The molecule has 0 aromatic carbocycles. The SMILES string of the molecule is COC1C=CC(CCC=CCCCC(=O)CO[Si](C)(C)C(C)(C)C)(OC)O1. The molecule has 0 aromatic rings. The third kappa shape index (κ3) is 7.99. The minimum absolute atomic E-state index is 0.136. The Hall–Kier alpha value is -0.793. The van der Waals surface area contributed by atoms with Crippen molar-refractivity contribution in [3.05, 3.63) is 24.3 Å². The van der Waals surface area contributed by atoms with Crippen molar-refractivity contribution in [1.29, 1.82) is 0 Å². The third-order valence-electron chi connectivity index (χ3n) is 5.45. The van der Waals surface area contributed by atoms with Crippen LogP contribution < -0.4 is 0 Å². The van der Waals surface area contributed by atoms with Crippen molar-refractivity contribution >= 4 is 14.1 Å². The largest absolute Gasteiger partial charge is 0.410 e. The molecule has 0 bridgehead atoms. The fourth-order valence-corrected chi connectivity index (χ4v) is 3.43. The first-order valence-electron chi connectivity index (χ1n) is 9.81. The van der Waals surface area contributed by atoms with Crippen LogP contribution in [0.5, 0.6) is 0 Å². The Bertz CT molecular complexity index is 521. The fraction of sp³-hybridized carbons (Fsp3) is 0.762. The lowest BCUT2D eigenvalue weighted by atomic mass is 10.1. The molecule has 6 heteroatoms. The van der Waals surface area contributed by atoms with Crippen LogP contribution in [-0.2, 0) is 23.4 Å². The Morgan fingerprint density at radius 3 is 2.44 bits per heavy atom. The first kappa shape index (κ1) is 24.2. The van der Waals surface area contributed by atoms with Gasteiger partial charge in [-0.05, 0) is 49.5 Å². The van der Waals surface area contributed by atoms with Gasteiger partial charge in [0.1, 0.15) is 0 Å². The van der Waals surface area contributed by atoms with E-state index in [9.17, 15) is 4.79 Å². The predicted octanol–water partition coefficient (Wildman–Crippen LogP) is 4.99. The summed E-state index contributed by atoms with van der Waals surface area (Å²) in [6, 6.07) is 0. The van der Waals surface area contributed by atoms with Gasteiger partial charge in [-0.2, -0.15) is 0 Å². The maximum atomic E-state index is 12.0. The van der Waals surface area contributed by atoms with Crippen LogP contribution in [0, 0.1) is 0 Å². The topological polar surface area (TPSA) is 54.0 Å². The highest BCUT2D eigenvalue weighted by Crippen LogP contribution is 2.36. The van der Waals surface area contributed by atoms with E-state index >= 15 is 0 Å². The number of ether oxygens (including phenoxy) is 3. The van der Waals surface area contributed by atoms with Crippen molar-refractivity contribution < 1.29 is 23.4 Å². The number of rotatable bonds is 12. The molecule has 0 fully saturated rings. The molecular weight excluding hydrogens is 360 g/mol. The molecule has 2 unspecified atom stereocenters. The smallest absolute Gasteiger partial charge is 0.192 e. The zero-order chi connectivity index (χ0) is 20.6. The van der Waals surface area contributed by atoms with E-state index in [0.717, 1.165) is 25.7 Å². The highest BCUT2D eigenvalue weighted by Gasteiger charge is 2.37. The summed E-state index contributed by atoms with van der Waals surface area (Å²) in [6.45, 7) is 11.2. The van der Waals surface area contributed by atoms with Gasteiger partial charge >= 0.3 is 0 Å². The quantitative estimate of drug-likeness (QED) is 0.263. The van der Waals surface area contributed by atoms with E-state index in [4.69, 9.17) is 18.6 Å². The Labute approximate surface area is 166 Å². The second kappa shape index (κ2) is 10.7. The molecule has 0 saturated heterocycles. The molecule has 1 heterocycles. The van der Waals surface area contributed by atoms with Crippen molar-refractivity contribution in [2.75, 3.05) is 20.8 Å². The molecule has 0 aliphatic carbocycles. The maximum absolute atomic E-state index is 12.0. The Kier molecular flexibility index (Phi) is 9.58. The molecule has 2 atom stereocenters. The van der Waals surface area contributed by atoms with Crippen LogP contribution in [0.3, 0.4) is 0 Å². The summed E-state index contributed by atoms with van der Waals surface area (Å²) >= 11 is 0. The minimum Gasteiger partial charge on any atom is -0.410 e. The number of allylic oxidation sites excluding steroid dienone is 2. The summed E-state index contributed by atoms with van der Waals surface area (Å²) in [5.41, 5.74) is 0. The molecule has 0 saturated carbocycles. The second-order valence-electron chi connectivity index (χ2n) is 8.59. The molecule has 0 spiro atoms. The van der Waals surface area contributed by atoms with E-state index in [1.54, 1.807) is 14.2 Å². The molecule has 0 aromatic heterocycles. The Balaban J connectivity index is 2.19. The van der Waals surface area contributed by atoms with Gasteiger partial charge in [-0.15, -0.1) is 0 Å². The van der Waals surface area contributed by atoms with Gasteiger partial charge in [0.2, 0.25) is 0 Å². The first-order chi connectivity index (χ1) is 12.6. The van der Waals surface area contributed by atoms with Gasteiger partial charge in [0.15, 0.2) is 26.2 Å². The van der Waals surface area contributed by atoms with Crippen LogP contribution in [0.1, 0.15) is 52.9 Å². The van der Waals surface area contributed by atoms with Crippen LogP contribution in [0.15, 0.2) is 24.3 Å². The summed E-state index contributed by atoms with van der Waals surface area (Å²) in [5.74, 6) is -0.496. The molecule has 0 radical (unpaired) electrons. The van der Waals surface area contributed by atoms with Gasteiger partial charge in [-0.25, -0.2) is 0 Å². The number of hydrogen-bond acceptors (Lipinski definition) is 5. The Morgan fingerprint density at radius 2 is 1.89 bits per heavy atom. The van der Waals surface area contributed by atoms with Crippen LogP contribution in [-0.4, -0.2) is 47.0 Å². The van der Waals surface area contributed by atoms with Gasteiger partial charge in [-0.1, -0.05) is 32.9 Å². The first-order valence-corrected chi connectivity index (χ1v) is 12.7. The fourth-order valence-electron chi connectivity index (χ4n) is 2.47. The summed E-state index contributed by atoms with van der Waals surface area (Å²) in [5, 5.41) is 0.136. The van der Waals surface area contributed by atoms with E-state index in [1.165, 1.54) is 0 Å². The van der Waals surface area contributed by atoms with Crippen LogP contribution >= 0.6 is 0 Å². The number of carbonyl (C=O) groups excluding carboxylic acids is 1. The van der Waals surface area contributed by atoms with E-state index in [1.807, 2.05) is 12.2 Å². The van der Waals surface area contributed by atoms with Crippen molar-refractivity contribution in [2.24, 2.45) is 0 Å². The molecule has 5 nitrogen and oxygen atoms in total. The van der Waals surface area contributed by atoms with Gasteiger partial charge < -0.3 is 18.6 Å². The zero-order valence-electron chi connectivity index (χ0n) is 18.2. The molecule has 1 rings (SSSR count). The Morgan fingerprint density at radius 1 is 1.22 bits per heavy atom. The number of methoxy groups -OCH3 is 2. The van der Waals surface area contributed by atoms with Gasteiger partial charge in [0.05, 0.1) is 6.61 Å². The molecule has 0 N–H and O–H groups in total. The van der Waals surface area contributed by atoms with Crippen LogP contribution in [0.25, 0.3) is 0 Å². The number of hydrogen-bond donors (Lipinski definition) is 0. The summed E-state index contributed by atoms with van der Waals surface area (Å²) in [6.07, 6.45) is 11.6. The molecule has 1 aliphatic rings. The van der Waals surface area contributed by atoms with Crippen molar-refractivity contribution in [3.8, 4) is 0 Å². The normalized spacial score (nSPS) is 23.4.